The fourth-order valence-electron chi connectivity index (χ4n) is 1.24. The Morgan fingerprint density at radius 2 is 2.22 bits per heavy atom. The SMILES string of the molecule is COc1cccc(Oc2ncc(C(Cl)N=O)s2)c1. The van der Waals surface area contributed by atoms with Crippen LogP contribution in [0.15, 0.2) is 35.6 Å². The zero-order chi connectivity index (χ0) is 13.0. The monoisotopic (exact) mass is 284 g/mol. The molecule has 0 saturated carbocycles. The van der Waals surface area contributed by atoms with E-state index in [1.165, 1.54) is 17.5 Å². The van der Waals surface area contributed by atoms with Crippen molar-refractivity contribution in [2.75, 3.05) is 7.11 Å². The predicted molar refractivity (Wildman–Crippen MR) is 69.6 cm³/mol. The van der Waals surface area contributed by atoms with Crippen LogP contribution in [0.5, 0.6) is 16.7 Å². The van der Waals surface area contributed by atoms with Gasteiger partial charge in [-0.15, -0.1) is 4.91 Å². The molecular weight excluding hydrogens is 276 g/mol. The van der Waals surface area contributed by atoms with E-state index >= 15 is 0 Å². The van der Waals surface area contributed by atoms with Crippen molar-refractivity contribution in [3.8, 4) is 16.7 Å². The highest BCUT2D eigenvalue weighted by molar-refractivity contribution is 7.13. The maximum absolute atomic E-state index is 10.3. The van der Waals surface area contributed by atoms with E-state index in [1.807, 2.05) is 6.07 Å². The second-order valence-corrected chi connectivity index (χ2v) is 4.69. The smallest absolute Gasteiger partial charge is 0.279 e. The van der Waals surface area contributed by atoms with E-state index in [1.54, 1.807) is 25.3 Å². The van der Waals surface area contributed by atoms with Gasteiger partial charge in [0, 0.05) is 12.3 Å². The minimum Gasteiger partial charge on any atom is -0.497 e. The summed E-state index contributed by atoms with van der Waals surface area (Å²) in [7, 11) is 1.58. The van der Waals surface area contributed by atoms with E-state index in [0.717, 1.165) is 0 Å². The number of nitroso groups, excluding NO2 is 1. The average molecular weight is 285 g/mol. The fraction of sp³-hybridized carbons (Fsp3) is 0.182. The molecule has 0 aliphatic rings. The Morgan fingerprint density at radius 3 is 2.94 bits per heavy atom. The normalized spacial score (nSPS) is 11.9. The first-order valence-corrected chi connectivity index (χ1v) is 6.22. The molecule has 0 spiro atoms. The number of nitrogens with zero attached hydrogens (tertiary/aromatic N) is 2. The van der Waals surface area contributed by atoms with E-state index in [0.29, 0.717) is 21.6 Å². The third-order valence-corrected chi connectivity index (χ3v) is 3.45. The molecular formula is C11H9ClN2O3S. The standard InChI is InChI=1S/C11H9ClN2O3S/c1-16-7-3-2-4-8(5-7)17-11-13-6-9(18-11)10(12)14-15/h2-6,10H,1H3. The van der Waals surface area contributed by atoms with Crippen LogP contribution in [0.1, 0.15) is 10.4 Å². The summed E-state index contributed by atoms with van der Waals surface area (Å²) in [5.41, 5.74) is -0.926. The molecule has 0 N–H and O–H groups in total. The Morgan fingerprint density at radius 1 is 1.44 bits per heavy atom. The summed E-state index contributed by atoms with van der Waals surface area (Å²) in [5, 5.41) is 3.11. The van der Waals surface area contributed by atoms with Gasteiger partial charge in [-0.2, -0.15) is 0 Å². The van der Waals surface area contributed by atoms with Gasteiger partial charge in [-0.25, -0.2) is 4.98 Å². The average Bonchev–Trinajstić information content (AvgIpc) is 2.86. The van der Waals surface area contributed by atoms with Crippen molar-refractivity contribution in [2.24, 2.45) is 5.18 Å². The van der Waals surface area contributed by atoms with Gasteiger partial charge in [0.1, 0.15) is 11.5 Å². The minimum absolute atomic E-state index is 0.396. The third kappa shape index (κ3) is 2.96. The first-order valence-electron chi connectivity index (χ1n) is 4.97. The van der Waals surface area contributed by atoms with Crippen LogP contribution < -0.4 is 9.47 Å². The molecule has 18 heavy (non-hydrogen) atoms. The first kappa shape index (κ1) is 12.8. The molecule has 0 aliphatic heterocycles. The Hall–Kier alpha value is -1.66. The van der Waals surface area contributed by atoms with Gasteiger partial charge in [0.05, 0.1) is 12.0 Å². The second-order valence-electron chi connectivity index (χ2n) is 3.25. The van der Waals surface area contributed by atoms with Crippen LogP contribution in [0.25, 0.3) is 0 Å². The van der Waals surface area contributed by atoms with Gasteiger partial charge < -0.3 is 9.47 Å². The van der Waals surface area contributed by atoms with Gasteiger partial charge in [-0.05, 0) is 17.3 Å². The van der Waals surface area contributed by atoms with Gasteiger partial charge in [0.15, 0.2) is 0 Å². The van der Waals surface area contributed by atoms with Crippen molar-refractivity contribution in [1.82, 2.24) is 4.98 Å². The van der Waals surface area contributed by atoms with Crippen LogP contribution in [0.4, 0.5) is 0 Å². The van der Waals surface area contributed by atoms with E-state index in [2.05, 4.69) is 10.2 Å². The van der Waals surface area contributed by atoms with Crippen molar-refractivity contribution in [3.63, 3.8) is 0 Å². The number of hydrogen-bond acceptors (Lipinski definition) is 6. The lowest BCUT2D eigenvalue weighted by Gasteiger charge is -2.03. The molecule has 2 aromatic rings. The number of halogens is 1. The molecule has 1 aromatic heterocycles. The summed E-state index contributed by atoms with van der Waals surface area (Å²) in [5.74, 6) is 1.29. The molecule has 2 rings (SSSR count). The van der Waals surface area contributed by atoms with Crippen LogP contribution >= 0.6 is 22.9 Å². The van der Waals surface area contributed by atoms with Crippen molar-refractivity contribution in [1.29, 1.82) is 0 Å². The van der Waals surface area contributed by atoms with Gasteiger partial charge in [0.25, 0.3) is 5.19 Å². The van der Waals surface area contributed by atoms with Gasteiger partial charge in [-0.3, -0.25) is 0 Å². The highest BCUT2D eigenvalue weighted by Crippen LogP contribution is 2.33. The molecule has 1 heterocycles. The summed E-state index contributed by atoms with van der Waals surface area (Å²) in [6.45, 7) is 0. The summed E-state index contributed by atoms with van der Waals surface area (Å²) < 4.78 is 10.6. The molecule has 1 aromatic carbocycles. The molecule has 0 bridgehead atoms. The lowest BCUT2D eigenvalue weighted by molar-refractivity contribution is 0.409. The van der Waals surface area contributed by atoms with Crippen LogP contribution in [-0.4, -0.2) is 12.1 Å². The zero-order valence-corrected chi connectivity index (χ0v) is 10.9. The van der Waals surface area contributed by atoms with Gasteiger partial charge >= 0.3 is 0 Å². The van der Waals surface area contributed by atoms with E-state index in [4.69, 9.17) is 21.1 Å². The molecule has 0 aliphatic carbocycles. The lowest BCUT2D eigenvalue weighted by Crippen LogP contribution is -1.85. The van der Waals surface area contributed by atoms with Crippen molar-refractivity contribution < 1.29 is 9.47 Å². The summed E-state index contributed by atoms with van der Waals surface area (Å²) >= 11 is 6.84. The van der Waals surface area contributed by atoms with Crippen LogP contribution in [-0.2, 0) is 0 Å². The first-order chi connectivity index (χ1) is 8.72. The predicted octanol–water partition coefficient (Wildman–Crippen LogP) is 3.95. The molecule has 1 atom stereocenters. The number of aromatic nitrogens is 1. The molecule has 94 valence electrons. The minimum atomic E-state index is -0.926. The number of ether oxygens (including phenoxy) is 2. The maximum atomic E-state index is 10.3. The number of methoxy groups -OCH3 is 1. The summed E-state index contributed by atoms with van der Waals surface area (Å²) in [6.07, 6.45) is 1.47. The highest BCUT2D eigenvalue weighted by Gasteiger charge is 2.13. The Labute approximate surface area is 112 Å². The third-order valence-electron chi connectivity index (χ3n) is 2.08. The topological polar surface area (TPSA) is 60.8 Å². The Kier molecular flexibility index (Phi) is 4.11. The molecule has 1 unspecified atom stereocenters. The quantitative estimate of drug-likeness (QED) is 0.474. The number of thiazole rings is 1. The van der Waals surface area contributed by atoms with E-state index in [9.17, 15) is 4.91 Å². The van der Waals surface area contributed by atoms with E-state index < -0.39 is 5.50 Å². The van der Waals surface area contributed by atoms with Crippen molar-refractivity contribution >= 4 is 22.9 Å². The van der Waals surface area contributed by atoms with Crippen LogP contribution in [0.3, 0.4) is 0 Å². The van der Waals surface area contributed by atoms with Crippen molar-refractivity contribution in [2.45, 2.75) is 5.50 Å². The Balaban J connectivity index is 2.13. The molecule has 5 nitrogen and oxygen atoms in total. The molecule has 0 amide bonds. The molecule has 0 saturated heterocycles. The van der Waals surface area contributed by atoms with Crippen LogP contribution in [0.2, 0.25) is 0 Å². The number of benzene rings is 1. The highest BCUT2D eigenvalue weighted by atomic mass is 35.5. The maximum Gasteiger partial charge on any atom is 0.279 e. The van der Waals surface area contributed by atoms with E-state index in [-0.39, 0.29) is 0 Å². The lowest BCUT2D eigenvalue weighted by atomic mass is 10.3. The molecule has 7 heteroatoms. The summed E-state index contributed by atoms with van der Waals surface area (Å²) in [6, 6.07) is 7.13. The zero-order valence-electron chi connectivity index (χ0n) is 9.37. The second kappa shape index (κ2) is 5.79. The van der Waals surface area contributed by atoms with Gasteiger partial charge in [-0.1, -0.05) is 29.0 Å². The number of rotatable bonds is 5. The number of hydrogen-bond donors (Lipinski definition) is 0. The molecule has 0 radical (unpaired) electrons. The molecule has 0 fully saturated rings. The van der Waals surface area contributed by atoms with Gasteiger partial charge in [0.2, 0.25) is 5.50 Å². The largest absolute Gasteiger partial charge is 0.497 e. The van der Waals surface area contributed by atoms with Crippen LogP contribution in [0, 0.1) is 4.91 Å². The summed E-state index contributed by atoms with van der Waals surface area (Å²) in [4.78, 5) is 14.9. The van der Waals surface area contributed by atoms with Crippen molar-refractivity contribution in [3.05, 3.63) is 40.2 Å². The number of alkyl halides is 1. The fourth-order valence-corrected chi connectivity index (χ4v) is 2.13. The Bertz CT molecular complexity index is 547.